The van der Waals surface area contributed by atoms with Crippen molar-refractivity contribution in [2.24, 2.45) is 11.3 Å². The molecule has 1 aliphatic rings. The van der Waals surface area contributed by atoms with Gasteiger partial charge in [0.15, 0.2) is 0 Å². The quantitative estimate of drug-likeness (QED) is 0.874. The Balaban J connectivity index is 2.12. The van der Waals surface area contributed by atoms with Crippen LogP contribution in [0.5, 0.6) is 0 Å². The SMILES string of the molecule is CC(C)C1(CNc2ncc(Br)cc2C(=O)O)CC1. The number of carboxylic acid groups (broad SMARTS) is 1. The third kappa shape index (κ3) is 2.66. The molecule has 5 heteroatoms. The summed E-state index contributed by atoms with van der Waals surface area (Å²) in [5.74, 6) is 0.104. The van der Waals surface area contributed by atoms with Crippen LogP contribution in [0.25, 0.3) is 0 Å². The Morgan fingerprint density at radius 1 is 1.61 bits per heavy atom. The van der Waals surface area contributed by atoms with Gasteiger partial charge in [-0.15, -0.1) is 0 Å². The fraction of sp³-hybridized carbons (Fsp3) is 0.538. The van der Waals surface area contributed by atoms with E-state index in [1.807, 2.05) is 0 Å². The first kappa shape index (κ1) is 13.3. The van der Waals surface area contributed by atoms with Crippen LogP contribution in [-0.2, 0) is 0 Å². The van der Waals surface area contributed by atoms with Gasteiger partial charge in [0, 0.05) is 17.2 Å². The molecule has 0 spiro atoms. The van der Waals surface area contributed by atoms with Crippen LogP contribution in [0.15, 0.2) is 16.7 Å². The summed E-state index contributed by atoms with van der Waals surface area (Å²) in [4.78, 5) is 15.3. The Hall–Kier alpha value is -1.10. The summed E-state index contributed by atoms with van der Waals surface area (Å²) in [7, 11) is 0. The van der Waals surface area contributed by atoms with E-state index in [0.717, 1.165) is 6.54 Å². The van der Waals surface area contributed by atoms with E-state index in [1.54, 1.807) is 12.3 Å². The van der Waals surface area contributed by atoms with Gasteiger partial charge in [0.2, 0.25) is 0 Å². The number of nitrogens with zero attached hydrogens (tertiary/aromatic N) is 1. The third-order valence-corrected chi connectivity index (χ3v) is 4.24. The second-order valence-electron chi connectivity index (χ2n) is 5.23. The van der Waals surface area contributed by atoms with Crippen LogP contribution in [-0.4, -0.2) is 22.6 Å². The van der Waals surface area contributed by atoms with Crippen LogP contribution < -0.4 is 5.32 Å². The Morgan fingerprint density at radius 3 is 2.78 bits per heavy atom. The van der Waals surface area contributed by atoms with E-state index < -0.39 is 5.97 Å². The number of aromatic nitrogens is 1. The van der Waals surface area contributed by atoms with Gasteiger partial charge in [0.25, 0.3) is 0 Å². The van der Waals surface area contributed by atoms with E-state index in [9.17, 15) is 4.79 Å². The molecule has 0 unspecified atom stereocenters. The molecule has 1 saturated carbocycles. The lowest BCUT2D eigenvalue weighted by atomic mass is 9.92. The van der Waals surface area contributed by atoms with Gasteiger partial charge < -0.3 is 10.4 Å². The fourth-order valence-electron chi connectivity index (χ4n) is 2.12. The van der Waals surface area contributed by atoms with E-state index in [1.165, 1.54) is 12.8 Å². The summed E-state index contributed by atoms with van der Waals surface area (Å²) in [5.41, 5.74) is 0.536. The monoisotopic (exact) mass is 312 g/mol. The lowest BCUT2D eigenvalue weighted by Gasteiger charge is -2.20. The molecule has 0 aliphatic heterocycles. The molecular weight excluding hydrogens is 296 g/mol. The Labute approximate surface area is 115 Å². The van der Waals surface area contributed by atoms with Crippen molar-refractivity contribution in [1.82, 2.24) is 4.98 Å². The predicted molar refractivity (Wildman–Crippen MR) is 73.9 cm³/mol. The highest BCUT2D eigenvalue weighted by Gasteiger charge is 2.45. The summed E-state index contributed by atoms with van der Waals surface area (Å²) in [6.45, 7) is 5.21. The molecule has 1 aliphatic carbocycles. The van der Waals surface area contributed by atoms with Gasteiger partial charge in [0.1, 0.15) is 11.4 Å². The number of hydrogen-bond donors (Lipinski definition) is 2. The van der Waals surface area contributed by atoms with Crippen molar-refractivity contribution in [3.8, 4) is 0 Å². The van der Waals surface area contributed by atoms with E-state index in [2.05, 4.69) is 40.1 Å². The Bertz CT molecular complexity index is 470. The van der Waals surface area contributed by atoms with Gasteiger partial charge >= 0.3 is 5.97 Å². The van der Waals surface area contributed by atoms with Gasteiger partial charge in [-0.05, 0) is 46.2 Å². The first-order chi connectivity index (χ1) is 8.44. The number of rotatable bonds is 5. The standard InChI is InChI=1S/C13H17BrN2O2/c1-8(2)13(3-4-13)7-16-11-10(12(17)18)5-9(14)6-15-11/h5-6,8H,3-4,7H2,1-2H3,(H,15,16)(H,17,18). The van der Waals surface area contributed by atoms with Crippen molar-refractivity contribution in [1.29, 1.82) is 0 Å². The topological polar surface area (TPSA) is 62.2 Å². The number of carbonyl (C=O) groups is 1. The van der Waals surface area contributed by atoms with Gasteiger partial charge in [0.05, 0.1) is 0 Å². The number of carboxylic acids is 1. The third-order valence-electron chi connectivity index (χ3n) is 3.81. The zero-order chi connectivity index (χ0) is 13.3. The zero-order valence-electron chi connectivity index (χ0n) is 10.5. The molecule has 98 valence electrons. The van der Waals surface area contributed by atoms with Gasteiger partial charge in [-0.1, -0.05) is 13.8 Å². The summed E-state index contributed by atoms with van der Waals surface area (Å²) in [6.07, 6.45) is 4.02. The molecule has 2 rings (SSSR count). The van der Waals surface area contributed by atoms with Crippen molar-refractivity contribution < 1.29 is 9.90 Å². The number of hydrogen-bond acceptors (Lipinski definition) is 3. The maximum Gasteiger partial charge on any atom is 0.339 e. The maximum absolute atomic E-state index is 11.1. The summed E-state index contributed by atoms with van der Waals surface area (Å²) >= 11 is 3.24. The number of anilines is 1. The molecule has 0 saturated heterocycles. The predicted octanol–water partition coefficient (Wildman–Crippen LogP) is 3.39. The molecular formula is C13H17BrN2O2. The molecule has 0 aromatic carbocycles. The molecule has 4 nitrogen and oxygen atoms in total. The number of halogens is 1. The molecule has 1 heterocycles. The van der Waals surface area contributed by atoms with Crippen LogP contribution in [0.2, 0.25) is 0 Å². The van der Waals surface area contributed by atoms with Crippen molar-refractivity contribution in [2.45, 2.75) is 26.7 Å². The molecule has 1 aromatic heterocycles. The molecule has 0 atom stereocenters. The van der Waals surface area contributed by atoms with Gasteiger partial charge in [-0.2, -0.15) is 0 Å². The summed E-state index contributed by atoms with van der Waals surface area (Å²) in [6, 6.07) is 1.58. The maximum atomic E-state index is 11.1. The largest absolute Gasteiger partial charge is 0.478 e. The Kier molecular flexibility index (Phi) is 3.61. The van der Waals surface area contributed by atoms with E-state index in [0.29, 0.717) is 21.6 Å². The van der Waals surface area contributed by atoms with Crippen LogP contribution in [0.1, 0.15) is 37.0 Å². The van der Waals surface area contributed by atoms with Crippen LogP contribution in [0.4, 0.5) is 5.82 Å². The molecule has 0 amide bonds. The van der Waals surface area contributed by atoms with Crippen molar-refractivity contribution in [2.75, 3.05) is 11.9 Å². The minimum absolute atomic E-state index is 0.212. The normalized spacial score (nSPS) is 16.7. The van der Waals surface area contributed by atoms with E-state index in [-0.39, 0.29) is 5.56 Å². The van der Waals surface area contributed by atoms with E-state index in [4.69, 9.17) is 5.11 Å². The molecule has 1 aromatic rings. The fourth-order valence-corrected chi connectivity index (χ4v) is 2.45. The lowest BCUT2D eigenvalue weighted by molar-refractivity contribution is 0.0697. The van der Waals surface area contributed by atoms with Crippen molar-refractivity contribution in [3.63, 3.8) is 0 Å². The van der Waals surface area contributed by atoms with Crippen molar-refractivity contribution in [3.05, 3.63) is 22.3 Å². The highest BCUT2D eigenvalue weighted by atomic mass is 79.9. The molecule has 0 bridgehead atoms. The molecule has 1 fully saturated rings. The summed E-state index contributed by atoms with van der Waals surface area (Å²) in [5, 5.41) is 12.3. The van der Waals surface area contributed by atoms with Crippen molar-refractivity contribution >= 4 is 27.7 Å². The average Bonchev–Trinajstić information content (AvgIpc) is 3.08. The van der Waals surface area contributed by atoms with Crippen LogP contribution >= 0.6 is 15.9 Å². The first-order valence-electron chi connectivity index (χ1n) is 6.07. The first-order valence-corrected chi connectivity index (χ1v) is 6.87. The number of nitrogens with one attached hydrogen (secondary N) is 1. The highest BCUT2D eigenvalue weighted by molar-refractivity contribution is 9.10. The van der Waals surface area contributed by atoms with Crippen LogP contribution in [0, 0.1) is 11.3 Å². The number of pyridine rings is 1. The second kappa shape index (κ2) is 4.88. The summed E-state index contributed by atoms with van der Waals surface area (Å²) < 4.78 is 0.676. The lowest BCUT2D eigenvalue weighted by Crippen LogP contribution is -2.22. The highest BCUT2D eigenvalue weighted by Crippen LogP contribution is 2.51. The van der Waals surface area contributed by atoms with Gasteiger partial charge in [-0.25, -0.2) is 9.78 Å². The Morgan fingerprint density at radius 2 is 2.28 bits per heavy atom. The molecule has 2 N–H and O–H groups in total. The minimum atomic E-state index is -0.958. The smallest absolute Gasteiger partial charge is 0.339 e. The average molecular weight is 313 g/mol. The van der Waals surface area contributed by atoms with Crippen LogP contribution in [0.3, 0.4) is 0 Å². The minimum Gasteiger partial charge on any atom is -0.478 e. The molecule has 18 heavy (non-hydrogen) atoms. The number of aromatic carboxylic acids is 1. The second-order valence-corrected chi connectivity index (χ2v) is 6.14. The van der Waals surface area contributed by atoms with Gasteiger partial charge in [-0.3, -0.25) is 0 Å². The van der Waals surface area contributed by atoms with E-state index >= 15 is 0 Å². The molecule has 0 radical (unpaired) electrons. The zero-order valence-corrected chi connectivity index (χ0v) is 12.1.